The van der Waals surface area contributed by atoms with Gasteiger partial charge >= 0.3 is 47.5 Å². The first-order valence-corrected chi connectivity index (χ1v) is 6.53. The Morgan fingerprint density at radius 3 is 1.12 bits per heavy atom. The predicted molar refractivity (Wildman–Crippen MR) is 85.7 cm³/mol. The molecular weight excluding hydrogens is 371 g/mol. The maximum absolute atomic E-state index is 9.55. The van der Waals surface area contributed by atoms with Crippen LogP contribution in [-0.2, 0) is 29.0 Å². The van der Waals surface area contributed by atoms with Gasteiger partial charge in [-0.3, -0.25) is 0 Å². The largest absolute Gasteiger partial charge is 1.00 e. The van der Waals surface area contributed by atoms with Gasteiger partial charge in [0.05, 0.1) is 6.26 Å². The third kappa shape index (κ3) is 110. The molecule has 0 amide bonds. The summed E-state index contributed by atoms with van der Waals surface area (Å²) in [5.41, 5.74) is 0. The zero-order chi connectivity index (χ0) is 20.8. The average Bonchev–Trinajstić information content (AvgIpc) is 2.49. The smallest absolute Gasteiger partial charge is 0.716 e. The molecule has 0 aliphatic rings. The molecule has 3 N–H and O–H groups in total. The normalized spacial score (nSPS) is 7.56. The van der Waals surface area contributed by atoms with Crippen LogP contribution < -0.4 is 29.6 Å². The molecular formula is C13H19NaO10S. The molecule has 10 nitrogen and oxygen atoms in total. The Kier molecular flexibility index (Phi) is 45.8. The van der Waals surface area contributed by atoms with E-state index in [4.69, 9.17) is 15.3 Å². The summed E-state index contributed by atoms with van der Waals surface area (Å²) in [6.07, 6.45) is 2.51. The van der Waals surface area contributed by atoms with Crippen LogP contribution in [0, 0.1) is 0 Å². The van der Waals surface area contributed by atoms with Gasteiger partial charge in [-0.1, -0.05) is 13.2 Å². The van der Waals surface area contributed by atoms with E-state index in [1.165, 1.54) is 0 Å². The summed E-state index contributed by atoms with van der Waals surface area (Å²) in [6, 6.07) is 0. The van der Waals surface area contributed by atoms with E-state index in [1.54, 1.807) is 0 Å². The SMILES string of the molecule is C=C.C=C.C=CC(=O)O.C=COS(=O)(=O)[O-].O=C(O)C=CC(=O)O.[Na+]. The number of carbonyl (C=O) groups is 3. The Hall–Kier alpha value is -2.18. The number of carboxylic acids is 3. The van der Waals surface area contributed by atoms with Gasteiger partial charge in [0.1, 0.15) is 0 Å². The van der Waals surface area contributed by atoms with Crippen molar-refractivity contribution in [2.45, 2.75) is 0 Å². The second-order valence-corrected chi connectivity index (χ2v) is 3.23. The van der Waals surface area contributed by atoms with Crippen LogP contribution in [0.15, 0.2) is 64.0 Å². The van der Waals surface area contributed by atoms with Crippen molar-refractivity contribution in [2.75, 3.05) is 0 Å². The van der Waals surface area contributed by atoms with E-state index >= 15 is 0 Å². The molecule has 0 saturated heterocycles. The van der Waals surface area contributed by atoms with Crippen molar-refractivity contribution in [1.29, 1.82) is 0 Å². The van der Waals surface area contributed by atoms with Crippen molar-refractivity contribution in [3.63, 3.8) is 0 Å². The molecule has 0 aromatic rings. The number of hydrogen-bond donors (Lipinski definition) is 3. The van der Waals surface area contributed by atoms with Crippen molar-refractivity contribution >= 4 is 28.3 Å². The van der Waals surface area contributed by atoms with Gasteiger partial charge in [0, 0.05) is 18.2 Å². The standard InChI is InChI=1S/C4H4O4.C3H4O2.C2H4O4S.2C2H4.Na/c5-3(6)1-2-4(7)8;1-2-3(4)5;1-2-6-7(3,4)5;2*1-2;/h1-2H,(H,5,6)(H,7,8);2H,1H2,(H,4,5);2H,1H2,(H,3,4,5);2*1-2H2;/q;;;;;+1/p-1. The first-order chi connectivity index (χ1) is 11.0. The van der Waals surface area contributed by atoms with Crippen LogP contribution in [-0.4, -0.2) is 46.2 Å². The second-order valence-electron chi connectivity index (χ2n) is 2.22. The first-order valence-electron chi connectivity index (χ1n) is 5.20. The monoisotopic (exact) mass is 390 g/mol. The van der Waals surface area contributed by atoms with Crippen LogP contribution in [0.25, 0.3) is 0 Å². The van der Waals surface area contributed by atoms with Crippen molar-refractivity contribution in [1.82, 2.24) is 0 Å². The van der Waals surface area contributed by atoms with E-state index < -0.39 is 28.3 Å². The zero-order valence-corrected chi connectivity index (χ0v) is 16.5. The number of aliphatic carboxylic acids is 3. The Labute approximate surface area is 168 Å². The van der Waals surface area contributed by atoms with E-state index in [2.05, 4.69) is 43.7 Å². The summed E-state index contributed by atoms with van der Waals surface area (Å²) in [5, 5.41) is 23.2. The molecule has 12 heteroatoms. The Morgan fingerprint density at radius 2 is 1.08 bits per heavy atom. The third-order valence-corrected chi connectivity index (χ3v) is 1.10. The second kappa shape index (κ2) is 29.8. The Bertz CT molecular complexity index is 493. The number of rotatable bonds is 5. The van der Waals surface area contributed by atoms with Gasteiger partial charge in [-0.15, -0.1) is 26.3 Å². The summed E-state index contributed by atoms with van der Waals surface area (Å²) in [5.74, 6) is -3.50. The number of carboxylic acid groups (broad SMARTS) is 3. The van der Waals surface area contributed by atoms with Gasteiger partial charge in [0.2, 0.25) is 0 Å². The van der Waals surface area contributed by atoms with E-state index in [0.717, 1.165) is 6.08 Å². The van der Waals surface area contributed by atoms with Crippen molar-refractivity contribution in [3.05, 3.63) is 64.0 Å². The van der Waals surface area contributed by atoms with Gasteiger partial charge in [-0.2, -0.15) is 0 Å². The van der Waals surface area contributed by atoms with Crippen LogP contribution in [0.5, 0.6) is 0 Å². The van der Waals surface area contributed by atoms with E-state index in [-0.39, 0.29) is 29.6 Å². The Balaban J connectivity index is -0.0000000490. The minimum Gasteiger partial charge on any atom is -0.716 e. The van der Waals surface area contributed by atoms with Crippen LogP contribution in [0.3, 0.4) is 0 Å². The summed E-state index contributed by atoms with van der Waals surface area (Å²) in [7, 11) is -4.54. The molecule has 0 aliphatic carbocycles. The molecule has 0 unspecified atom stereocenters. The fourth-order valence-electron chi connectivity index (χ4n) is 0.226. The van der Waals surface area contributed by atoms with Crippen LogP contribution in [0.2, 0.25) is 0 Å². The van der Waals surface area contributed by atoms with Gasteiger partial charge in [0.25, 0.3) is 10.4 Å². The van der Waals surface area contributed by atoms with E-state index in [0.29, 0.717) is 18.4 Å². The number of hydrogen-bond acceptors (Lipinski definition) is 7. The zero-order valence-electron chi connectivity index (χ0n) is 13.7. The quantitative estimate of drug-likeness (QED) is 0.121. The first kappa shape index (κ1) is 38.4. The molecule has 0 fully saturated rings. The fraction of sp³-hybridized carbons (Fsp3) is 0. The molecule has 0 rings (SSSR count). The van der Waals surface area contributed by atoms with Gasteiger partial charge in [-0.05, 0) is 0 Å². The predicted octanol–water partition coefficient (Wildman–Crippen LogP) is -1.82. The molecule has 138 valence electrons. The van der Waals surface area contributed by atoms with Gasteiger partial charge < -0.3 is 24.1 Å². The van der Waals surface area contributed by atoms with Crippen molar-refractivity contribution in [2.24, 2.45) is 0 Å². The third-order valence-electron chi connectivity index (χ3n) is 0.729. The van der Waals surface area contributed by atoms with Crippen LogP contribution in [0.4, 0.5) is 0 Å². The molecule has 25 heavy (non-hydrogen) atoms. The summed E-state index contributed by atoms with van der Waals surface area (Å²) in [6.45, 7) is 17.8. The molecule has 0 spiro atoms. The summed E-state index contributed by atoms with van der Waals surface area (Å²) >= 11 is 0. The van der Waals surface area contributed by atoms with Gasteiger partial charge in [0.15, 0.2) is 0 Å². The molecule has 0 bridgehead atoms. The molecule has 0 aliphatic heterocycles. The molecule has 0 radical (unpaired) electrons. The summed E-state index contributed by atoms with van der Waals surface area (Å²) < 4.78 is 31.6. The van der Waals surface area contributed by atoms with Gasteiger partial charge in [-0.25, -0.2) is 22.8 Å². The molecule has 0 saturated carbocycles. The van der Waals surface area contributed by atoms with E-state index in [1.807, 2.05) is 0 Å². The maximum atomic E-state index is 9.55. The fourth-order valence-corrected chi connectivity index (χ4v) is 0.393. The van der Waals surface area contributed by atoms with Crippen molar-refractivity contribution < 1.29 is 76.4 Å². The molecule has 0 aromatic carbocycles. The summed E-state index contributed by atoms with van der Waals surface area (Å²) in [4.78, 5) is 28.4. The maximum Gasteiger partial charge on any atom is 1.00 e. The molecule has 0 heterocycles. The van der Waals surface area contributed by atoms with Crippen LogP contribution >= 0.6 is 0 Å². The molecule has 0 atom stereocenters. The Morgan fingerprint density at radius 1 is 0.840 bits per heavy atom. The topological polar surface area (TPSA) is 178 Å². The molecule has 0 aromatic heterocycles. The minimum atomic E-state index is -4.54. The van der Waals surface area contributed by atoms with E-state index in [9.17, 15) is 27.4 Å². The average molecular weight is 390 g/mol. The minimum absolute atomic E-state index is 0. The van der Waals surface area contributed by atoms with Crippen molar-refractivity contribution in [3.8, 4) is 0 Å². The van der Waals surface area contributed by atoms with Crippen LogP contribution in [0.1, 0.15) is 0 Å².